The Balaban J connectivity index is 3.62. The van der Waals surface area contributed by atoms with Crippen molar-refractivity contribution in [1.29, 1.82) is 0 Å². The maximum Gasteiger partial charge on any atom is 0.0589 e. The monoisotopic (exact) mass is 152 g/mol. The Bertz CT molecular complexity index is 162. The fourth-order valence-electron chi connectivity index (χ4n) is 0.971. The highest BCUT2D eigenvalue weighted by Crippen LogP contribution is 2.10. The van der Waals surface area contributed by atoms with E-state index in [0.717, 1.165) is 6.42 Å². The van der Waals surface area contributed by atoms with Crippen molar-refractivity contribution in [3.8, 4) is 12.3 Å². The molecule has 0 aliphatic carbocycles. The average Bonchev–Trinajstić information content (AvgIpc) is 1.85. The van der Waals surface area contributed by atoms with Crippen LogP contribution in [0.15, 0.2) is 12.2 Å². The third kappa shape index (κ3) is 5.69. The second kappa shape index (κ2) is 4.98. The molecular formula is C10H16O. The van der Waals surface area contributed by atoms with Gasteiger partial charge in [0.25, 0.3) is 0 Å². The average molecular weight is 152 g/mol. The number of hydrogen-bond acceptors (Lipinski definition) is 1. The minimum Gasteiger partial charge on any atom is -0.393 e. The maximum absolute atomic E-state index is 9.36. The molecule has 0 aliphatic rings. The Kier molecular flexibility index (Phi) is 4.65. The van der Waals surface area contributed by atoms with Crippen LogP contribution in [0.2, 0.25) is 0 Å². The molecule has 0 heterocycles. The quantitative estimate of drug-likeness (QED) is 0.611. The first kappa shape index (κ1) is 10.3. The van der Waals surface area contributed by atoms with E-state index in [4.69, 9.17) is 6.42 Å². The lowest BCUT2D eigenvalue weighted by Crippen LogP contribution is -2.10. The molecule has 1 N–H and O–H groups in total. The molecule has 62 valence electrons. The second-order valence-corrected chi connectivity index (χ2v) is 3.24. The molecule has 0 aromatic rings. The molecule has 0 spiro atoms. The van der Waals surface area contributed by atoms with Crippen molar-refractivity contribution in [3.63, 3.8) is 0 Å². The van der Waals surface area contributed by atoms with Crippen molar-refractivity contribution in [2.24, 2.45) is 5.92 Å². The molecule has 0 radical (unpaired) electrons. The number of hydrogen-bond donors (Lipinski definition) is 1. The lowest BCUT2D eigenvalue weighted by Gasteiger charge is -2.11. The zero-order valence-corrected chi connectivity index (χ0v) is 7.30. The van der Waals surface area contributed by atoms with E-state index >= 15 is 0 Å². The SMILES string of the molecule is C#CC(=C)CC(O)CC(C)C. The number of rotatable bonds is 4. The van der Waals surface area contributed by atoms with E-state index < -0.39 is 0 Å². The first-order valence-electron chi connectivity index (χ1n) is 3.88. The number of aliphatic hydroxyl groups excluding tert-OH is 1. The molecular weight excluding hydrogens is 136 g/mol. The molecule has 0 saturated carbocycles. The lowest BCUT2D eigenvalue weighted by atomic mass is 10.0. The van der Waals surface area contributed by atoms with Gasteiger partial charge in [-0.2, -0.15) is 0 Å². The maximum atomic E-state index is 9.36. The summed E-state index contributed by atoms with van der Waals surface area (Å²) in [5, 5.41) is 9.36. The van der Waals surface area contributed by atoms with Gasteiger partial charge in [0.05, 0.1) is 6.10 Å². The molecule has 0 fully saturated rings. The summed E-state index contributed by atoms with van der Waals surface area (Å²) < 4.78 is 0. The molecule has 0 amide bonds. The zero-order chi connectivity index (χ0) is 8.85. The van der Waals surface area contributed by atoms with Crippen molar-refractivity contribution in [2.45, 2.75) is 32.8 Å². The van der Waals surface area contributed by atoms with Crippen LogP contribution in [0.5, 0.6) is 0 Å². The van der Waals surface area contributed by atoms with Crippen LogP contribution in [0.1, 0.15) is 26.7 Å². The van der Waals surface area contributed by atoms with E-state index in [1.54, 1.807) is 0 Å². The molecule has 0 aliphatic heterocycles. The minimum atomic E-state index is -0.321. The Morgan fingerprint density at radius 1 is 1.64 bits per heavy atom. The first-order chi connectivity index (χ1) is 5.06. The Morgan fingerprint density at radius 3 is 2.55 bits per heavy atom. The van der Waals surface area contributed by atoms with E-state index in [2.05, 4.69) is 26.3 Å². The topological polar surface area (TPSA) is 20.2 Å². The first-order valence-corrected chi connectivity index (χ1v) is 3.88. The summed E-state index contributed by atoms with van der Waals surface area (Å²) in [6.45, 7) is 7.77. The van der Waals surface area contributed by atoms with Crippen LogP contribution < -0.4 is 0 Å². The molecule has 1 unspecified atom stereocenters. The fraction of sp³-hybridized carbons (Fsp3) is 0.600. The van der Waals surface area contributed by atoms with Crippen LogP contribution in [0, 0.1) is 18.3 Å². The van der Waals surface area contributed by atoms with Crippen LogP contribution >= 0.6 is 0 Å². The van der Waals surface area contributed by atoms with Gasteiger partial charge < -0.3 is 5.11 Å². The molecule has 11 heavy (non-hydrogen) atoms. The van der Waals surface area contributed by atoms with Gasteiger partial charge in [0.1, 0.15) is 0 Å². The Morgan fingerprint density at radius 2 is 2.18 bits per heavy atom. The highest BCUT2D eigenvalue weighted by molar-refractivity contribution is 5.21. The minimum absolute atomic E-state index is 0.321. The van der Waals surface area contributed by atoms with Gasteiger partial charge in [-0.15, -0.1) is 6.42 Å². The third-order valence-electron chi connectivity index (χ3n) is 1.43. The molecule has 1 nitrogen and oxygen atoms in total. The number of terminal acetylenes is 1. The van der Waals surface area contributed by atoms with Gasteiger partial charge in [-0.25, -0.2) is 0 Å². The molecule has 0 aromatic carbocycles. The van der Waals surface area contributed by atoms with Crippen molar-refractivity contribution < 1.29 is 5.11 Å². The molecule has 0 saturated heterocycles. The van der Waals surface area contributed by atoms with Crippen molar-refractivity contribution in [1.82, 2.24) is 0 Å². The fourth-order valence-corrected chi connectivity index (χ4v) is 0.971. The van der Waals surface area contributed by atoms with Crippen LogP contribution in [-0.2, 0) is 0 Å². The Labute approximate surface area is 69.1 Å². The molecule has 1 atom stereocenters. The van der Waals surface area contributed by atoms with Gasteiger partial charge in [-0.3, -0.25) is 0 Å². The predicted octanol–water partition coefficient (Wildman–Crippen LogP) is 1.97. The van der Waals surface area contributed by atoms with Crippen LogP contribution in [-0.4, -0.2) is 11.2 Å². The largest absolute Gasteiger partial charge is 0.393 e. The smallest absolute Gasteiger partial charge is 0.0589 e. The van der Waals surface area contributed by atoms with Gasteiger partial charge in [-0.1, -0.05) is 26.3 Å². The van der Waals surface area contributed by atoms with Gasteiger partial charge in [0, 0.05) is 6.42 Å². The summed E-state index contributed by atoms with van der Waals surface area (Å²) in [6.07, 6.45) is 6.10. The second-order valence-electron chi connectivity index (χ2n) is 3.24. The van der Waals surface area contributed by atoms with Gasteiger partial charge in [-0.05, 0) is 17.9 Å². The highest BCUT2D eigenvalue weighted by atomic mass is 16.3. The van der Waals surface area contributed by atoms with Crippen LogP contribution in [0.25, 0.3) is 0 Å². The van der Waals surface area contributed by atoms with Crippen LogP contribution in [0.3, 0.4) is 0 Å². The Hall–Kier alpha value is -0.740. The molecule has 1 heteroatoms. The van der Waals surface area contributed by atoms with Crippen molar-refractivity contribution >= 4 is 0 Å². The van der Waals surface area contributed by atoms with Crippen molar-refractivity contribution in [3.05, 3.63) is 12.2 Å². The molecule has 0 bridgehead atoms. The molecule has 0 aromatic heterocycles. The van der Waals surface area contributed by atoms with E-state index in [9.17, 15) is 5.11 Å². The van der Waals surface area contributed by atoms with Gasteiger partial charge >= 0.3 is 0 Å². The van der Waals surface area contributed by atoms with E-state index in [0.29, 0.717) is 17.9 Å². The number of aliphatic hydroxyl groups is 1. The molecule has 0 rings (SSSR count). The van der Waals surface area contributed by atoms with Crippen molar-refractivity contribution in [2.75, 3.05) is 0 Å². The standard InChI is InChI=1S/C10H16O/c1-5-9(4)7-10(11)6-8(2)3/h1,8,10-11H,4,6-7H2,2-3H3. The van der Waals surface area contributed by atoms with E-state index in [1.165, 1.54) is 0 Å². The van der Waals surface area contributed by atoms with E-state index in [1.807, 2.05) is 0 Å². The zero-order valence-electron chi connectivity index (χ0n) is 7.30. The summed E-state index contributed by atoms with van der Waals surface area (Å²) in [5.41, 5.74) is 0.679. The highest BCUT2D eigenvalue weighted by Gasteiger charge is 2.06. The van der Waals surface area contributed by atoms with Gasteiger partial charge in [0.15, 0.2) is 0 Å². The lowest BCUT2D eigenvalue weighted by molar-refractivity contribution is 0.150. The van der Waals surface area contributed by atoms with Crippen LogP contribution in [0.4, 0.5) is 0 Å². The summed E-state index contributed by atoms with van der Waals surface area (Å²) in [6, 6.07) is 0. The normalized spacial score (nSPS) is 12.6. The summed E-state index contributed by atoms with van der Waals surface area (Å²) >= 11 is 0. The van der Waals surface area contributed by atoms with E-state index in [-0.39, 0.29) is 6.10 Å². The summed E-state index contributed by atoms with van der Waals surface area (Å²) in [5.74, 6) is 2.92. The predicted molar refractivity (Wildman–Crippen MR) is 48.1 cm³/mol. The summed E-state index contributed by atoms with van der Waals surface area (Å²) in [7, 11) is 0. The summed E-state index contributed by atoms with van der Waals surface area (Å²) in [4.78, 5) is 0. The third-order valence-corrected chi connectivity index (χ3v) is 1.43. The van der Waals surface area contributed by atoms with Gasteiger partial charge in [0.2, 0.25) is 0 Å².